The third-order valence-corrected chi connectivity index (χ3v) is 2.33. The van der Waals surface area contributed by atoms with Gasteiger partial charge in [0.25, 0.3) is 0 Å². The molecule has 0 saturated carbocycles. The molecule has 1 amide bonds. The minimum absolute atomic E-state index is 0.215. The summed E-state index contributed by atoms with van der Waals surface area (Å²) < 4.78 is 4.97. The Balaban J connectivity index is 2.21. The van der Waals surface area contributed by atoms with Gasteiger partial charge in [0.15, 0.2) is 0 Å². The molecule has 1 aromatic carbocycles. The van der Waals surface area contributed by atoms with Crippen molar-refractivity contribution < 1.29 is 14.6 Å². The van der Waals surface area contributed by atoms with Crippen molar-refractivity contribution in [3.05, 3.63) is 35.9 Å². The van der Waals surface area contributed by atoms with Gasteiger partial charge in [-0.1, -0.05) is 43.7 Å². The van der Waals surface area contributed by atoms with Crippen LogP contribution in [0.25, 0.3) is 0 Å². The number of alkyl carbamates (subject to hydrolysis) is 1. The lowest BCUT2D eigenvalue weighted by Crippen LogP contribution is -2.34. The van der Waals surface area contributed by atoms with Crippen LogP contribution >= 0.6 is 0 Å². The van der Waals surface area contributed by atoms with Crippen molar-refractivity contribution in [2.24, 2.45) is 0 Å². The van der Waals surface area contributed by atoms with Crippen molar-refractivity contribution in [1.29, 1.82) is 0 Å². The number of hydrogen-bond donors (Lipinski definition) is 2. The number of ether oxygens (including phenoxy) is 1. The highest BCUT2D eigenvalue weighted by atomic mass is 16.6. The number of hydrogen-bond acceptors (Lipinski definition) is 3. The fourth-order valence-electron chi connectivity index (χ4n) is 1.37. The van der Waals surface area contributed by atoms with Crippen LogP contribution in [0.4, 0.5) is 4.79 Å². The quantitative estimate of drug-likeness (QED) is 0.747. The molecule has 17 heavy (non-hydrogen) atoms. The van der Waals surface area contributed by atoms with Gasteiger partial charge in [0.2, 0.25) is 0 Å². The van der Waals surface area contributed by atoms with Crippen molar-refractivity contribution in [2.75, 3.05) is 0 Å². The van der Waals surface area contributed by atoms with Crippen molar-refractivity contribution in [3.8, 4) is 0 Å². The summed E-state index contributed by atoms with van der Waals surface area (Å²) in [6.07, 6.45) is 1.00. The molecule has 94 valence electrons. The SMILES string of the molecule is CCCCC(O)NC(=O)OCc1ccccc1. The van der Waals surface area contributed by atoms with E-state index in [4.69, 9.17) is 4.74 Å². The first-order chi connectivity index (χ1) is 8.22. The molecule has 0 fully saturated rings. The molecule has 0 radical (unpaired) electrons. The second-order valence-corrected chi connectivity index (χ2v) is 3.86. The Morgan fingerprint density at radius 1 is 1.41 bits per heavy atom. The number of carbonyl (C=O) groups is 1. The smallest absolute Gasteiger partial charge is 0.409 e. The van der Waals surface area contributed by atoms with Crippen LogP contribution in [0.15, 0.2) is 30.3 Å². The van der Waals surface area contributed by atoms with Gasteiger partial charge in [-0.05, 0) is 18.4 Å². The maximum Gasteiger partial charge on any atom is 0.409 e. The number of aliphatic hydroxyl groups excluding tert-OH is 1. The normalized spacial score (nSPS) is 11.9. The molecule has 0 bridgehead atoms. The van der Waals surface area contributed by atoms with Gasteiger partial charge in [-0.2, -0.15) is 0 Å². The summed E-state index contributed by atoms with van der Waals surface area (Å²) in [5, 5.41) is 11.8. The Morgan fingerprint density at radius 3 is 2.76 bits per heavy atom. The summed E-state index contributed by atoms with van der Waals surface area (Å²) >= 11 is 0. The van der Waals surface area contributed by atoms with Crippen LogP contribution in [0, 0.1) is 0 Å². The molecule has 4 nitrogen and oxygen atoms in total. The van der Waals surface area contributed by atoms with E-state index in [1.807, 2.05) is 37.3 Å². The molecule has 4 heteroatoms. The molecule has 0 spiro atoms. The van der Waals surface area contributed by atoms with E-state index in [1.54, 1.807) is 0 Å². The van der Waals surface area contributed by atoms with Crippen molar-refractivity contribution in [2.45, 2.75) is 39.0 Å². The van der Waals surface area contributed by atoms with Crippen LogP contribution in [0.3, 0.4) is 0 Å². The Labute approximate surface area is 102 Å². The topological polar surface area (TPSA) is 58.6 Å². The molecule has 2 N–H and O–H groups in total. The summed E-state index contributed by atoms with van der Waals surface area (Å²) in [5.41, 5.74) is 0.922. The number of amides is 1. The second kappa shape index (κ2) is 7.68. The Morgan fingerprint density at radius 2 is 2.12 bits per heavy atom. The predicted molar refractivity (Wildman–Crippen MR) is 65.3 cm³/mol. The Kier molecular flexibility index (Phi) is 6.10. The van der Waals surface area contributed by atoms with E-state index < -0.39 is 12.3 Å². The van der Waals surface area contributed by atoms with Crippen LogP contribution in [-0.4, -0.2) is 17.4 Å². The van der Waals surface area contributed by atoms with E-state index in [1.165, 1.54) is 0 Å². The Bertz CT molecular complexity index is 327. The van der Waals surface area contributed by atoms with Crippen molar-refractivity contribution in [3.63, 3.8) is 0 Å². The van der Waals surface area contributed by atoms with Crippen LogP contribution in [0.2, 0.25) is 0 Å². The molecule has 0 saturated heterocycles. The van der Waals surface area contributed by atoms with E-state index in [0.717, 1.165) is 18.4 Å². The van der Waals surface area contributed by atoms with Gasteiger partial charge in [0.1, 0.15) is 12.8 Å². The standard InChI is InChI=1S/C13H19NO3/c1-2-3-9-12(15)14-13(16)17-10-11-7-5-4-6-8-11/h4-8,12,15H,2-3,9-10H2,1H3,(H,14,16). The third-order valence-electron chi connectivity index (χ3n) is 2.33. The fourth-order valence-corrected chi connectivity index (χ4v) is 1.37. The second-order valence-electron chi connectivity index (χ2n) is 3.86. The van der Waals surface area contributed by atoms with E-state index in [0.29, 0.717) is 6.42 Å². The minimum atomic E-state index is -0.821. The average Bonchev–Trinajstić information content (AvgIpc) is 2.35. The molecule has 1 unspecified atom stereocenters. The molecular formula is C13H19NO3. The summed E-state index contributed by atoms with van der Waals surface area (Å²) in [6.45, 7) is 2.24. The summed E-state index contributed by atoms with van der Waals surface area (Å²) in [5.74, 6) is 0. The molecule has 1 atom stereocenters. The average molecular weight is 237 g/mol. The molecule has 0 aliphatic heterocycles. The number of nitrogens with one attached hydrogen (secondary N) is 1. The zero-order valence-electron chi connectivity index (χ0n) is 10.1. The van der Waals surface area contributed by atoms with Crippen LogP contribution in [0.5, 0.6) is 0 Å². The molecule has 0 aromatic heterocycles. The predicted octanol–water partition coefficient (Wildman–Crippen LogP) is 2.42. The lowest BCUT2D eigenvalue weighted by molar-refractivity contribution is 0.0893. The van der Waals surface area contributed by atoms with Crippen LogP contribution < -0.4 is 5.32 Å². The van der Waals surface area contributed by atoms with Crippen molar-refractivity contribution >= 4 is 6.09 Å². The summed E-state index contributed by atoms with van der Waals surface area (Å²) in [4.78, 5) is 11.3. The van der Waals surface area contributed by atoms with Gasteiger partial charge in [0.05, 0.1) is 0 Å². The highest BCUT2D eigenvalue weighted by Gasteiger charge is 2.08. The number of aliphatic hydroxyl groups is 1. The van der Waals surface area contributed by atoms with E-state index in [9.17, 15) is 9.90 Å². The van der Waals surface area contributed by atoms with E-state index in [2.05, 4.69) is 5.32 Å². The van der Waals surface area contributed by atoms with Gasteiger partial charge >= 0.3 is 6.09 Å². The van der Waals surface area contributed by atoms with Crippen molar-refractivity contribution in [1.82, 2.24) is 5.32 Å². The zero-order chi connectivity index (χ0) is 12.5. The summed E-state index contributed by atoms with van der Waals surface area (Å²) in [6, 6.07) is 9.42. The number of rotatable bonds is 6. The van der Waals surface area contributed by atoms with Crippen LogP contribution in [0.1, 0.15) is 31.7 Å². The van der Waals surface area contributed by atoms with Gasteiger partial charge in [-0.3, -0.25) is 5.32 Å². The summed E-state index contributed by atoms with van der Waals surface area (Å²) in [7, 11) is 0. The van der Waals surface area contributed by atoms with Gasteiger partial charge in [-0.25, -0.2) is 4.79 Å². The highest BCUT2D eigenvalue weighted by Crippen LogP contribution is 2.02. The Hall–Kier alpha value is -1.55. The van der Waals surface area contributed by atoms with Gasteiger partial charge in [-0.15, -0.1) is 0 Å². The van der Waals surface area contributed by atoms with Crippen LogP contribution in [-0.2, 0) is 11.3 Å². The number of benzene rings is 1. The minimum Gasteiger partial charge on any atom is -0.445 e. The molecule has 0 aliphatic carbocycles. The first-order valence-electron chi connectivity index (χ1n) is 5.87. The molecule has 1 rings (SSSR count). The van der Waals surface area contributed by atoms with E-state index >= 15 is 0 Å². The molecule has 1 aromatic rings. The first-order valence-corrected chi connectivity index (χ1v) is 5.87. The maximum atomic E-state index is 11.3. The zero-order valence-corrected chi connectivity index (χ0v) is 10.1. The molecule has 0 aliphatic rings. The highest BCUT2D eigenvalue weighted by molar-refractivity contribution is 5.67. The van der Waals surface area contributed by atoms with Gasteiger partial charge < -0.3 is 9.84 Å². The van der Waals surface area contributed by atoms with E-state index in [-0.39, 0.29) is 6.61 Å². The lowest BCUT2D eigenvalue weighted by atomic mass is 10.2. The third kappa shape index (κ3) is 5.92. The number of unbranched alkanes of at least 4 members (excludes halogenated alkanes) is 1. The monoisotopic (exact) mass is 237 g/mol. The molecule has 0 heterocycles. The number of carbonyl (C=O) groups excluding carboxylic acids is 1. The molecular weight excluding hydrogens is 218 g/mol. The van der Waals surface area contributed by atoms with Gasteiger partial charge in [0, 0.05) is 0 Å². The largest absolute Gasteiger partial charge is 0.445 e. The maximum absolute atomic E-state index is 11.3. The lowest BCUT2D eigenvalue weighted by Gasteiger charge is -2.12. The first kappa shape index (κ1) is 13.5. The fraction of sp³-hybridized carbons (Fsp3) is 0.462.